The third-order valence-electron chi connectivity index (χ3n) is 8.10. The van der Waals surface area contributed by atoms with E-state index in [9.17, 15) is 9.59 Å². The van der Waals surface area contributed by atoms with Gasteiger partial charge in [-0.05, 0) is 83.0 Å². The summed E-state index contributed by atoms with van der Waals surface area (Å²) >= 11 is 0. The summed E-state index contributed by atoms with van der Waals surface area (Å²) in [6.45, 7) is 9.88. The van der Waals surface area contributed by atoms with Gasteiger partial charge in [-0.25, -0.2) is 0 Å². The number of benzene rings is 2. The van der Waals surface area contributed by atoms with Gasteiger partial charge in [0.1, 0.15) is 0 Å². The average molecular weight is 457 g/mol. The molecule has 0 saturated heterocycles. The van der Waals surface area contributed by atoms with Crippen LogP contribution in [0.25, 0.3) is 11.1 Å². The number of nitrogens with one attached hydrogen (secondary N) is 2. The molecule has 0 spiro atoms. The number of carbonyl (C=O) groups is 1. The van der Waals surface area contributed by atoms with Gasteiger partial charge in [-0.1, -0.05) is 63.9 Å². The third kappa shape index (κ3) is 5.01. The minimum Gasteiger partial charge on any atom is -0.352 e. The first-order valence-corrected chi connectivity index (χ1v) is 12.5. The molecule has 1 saturated carbocycles. The standard InChI is InChI=1S/C30H36N2O2/c1-20-6-5-16-30(4,22(20)3)27-18-25(10-7-21(27)2)29(34)31-17-15-23-8-11-24(12-9-23)26-13-14-28(33)32-19-26/h7-14,18-20,22H,5-6,15-17H2,1-4H3,(H,31,34)(H,32,33)/t20-,22-,30?/m0/s1. The monoisotopic (exact) mass is 456 g/mol. The molecule has 2 N–H and O–H groups in total. The number of pyridine rings is 1. The lowest BCUT2D eigenvalue weighted by Gasteiger charge is -2.45. The molecular formula is C30H36N2O2. The van der Waals surface area contributed by atoms with Crippen molar-refractivity contribution in [3.05, 3.63) is 93.4 Å². The van der Waals surface area contributed by atoms with Crippen molar-refractivity contribution < 1.29 is 4.79 Å². The van der Waals surface area contributed by atoms with Gasteiger partial charge in [0.05, 0.1) is 0 Å². The molecule has 0 radical (unpaired) electrons. The van der Waals surface area contributed by atoms with Crippen LogP contribution in [-0.4, -0.2) is 17.4 Å². The zero-order chi connectivity index (χ0) is 24.3. The highest BCUT2D eigenvalue weighted by molar-refractivity contribution is 5.94. The Labute approximate surface area is 202 Å². The van der Waals surface area contributed by atoms with E-state index in [1.165, 1.54) is 36.5 Å². The molecule has 1 aliphatic rings. The molecule has 3 aromatic rings. The number of hydrogen-bond donors (Lipinski definition) is 2. The fraction of sp³-hybridized carbons (Fsp3) is 0.400. The van der Waals surface area contributed by atoms with E-state index in [0.717, 1.165) is 28.7 Å². The van der Waals surface area contributed by atoms with Crippen LogP contribution < -0.4 is 10.9 Å². The molecule has 1 aliphatic carbocycles. The molecule has 1 unspecified atom stereocenters. The van der Waals surface area contributed by atoms with E-state index < -0.39 is 0 Å². The molecule has 1 amide bonds. The molecule has 0 aliphatic heterocycles. The Morgan fingerprint density at radius 2 is 1.79 bits per heavy atom. The van der Waals surface area contributed by atoms with Crippen molar-refractivity contribution in [2.45, 2.75) is 58.8 Å². The highest BCUT2D eigenvalue weighted by Gasteiger charge is 2.39. The first-order chi connectivity index (χ1) is 16.3. The Bertz CT molecular complexity index is 1190. The molecule has 4 rings (SSSR count). The molecule has 178 valence electrons. The number of aromatic nitrogens is 1. The van der Waals surface area contributed by atoms with Crippen LogP contribution in [0.2, 0.25) is 0 Å². The third-order valence-corrected chi connectivity index (χ3v) is 8.10. The lowest BCUT2D eigenvalue weighted by atomic mass is 9.60. The highest BCUT2D eigenvalue weighted by Crippen LogP contribution is 2.47. The Hall–Kier alpha value is -3.14. The number of H-pyrrole nitrogens is 1. The van der Waals surface area contributed by atoms with Crippen LogP contribution in [0.5, 0.6) is 0 Å². The summed E-state index contributed by atoms with van der Waals surface area (Å²) in [4.78, 5) is 26.9. The van der Waals surface area contributed by atoms with Crippen LogP contribution in [0.15, 0.2) is 65.6 Å². The summed E-state index contributed by atoms with van der Waals surface area (Å²) in [5.41, 5.74) is 6.57. The first kappa shape index (κ1) is 24.0. The molecule has 3 atom stereocenters. The molecular weight excluding hydrogens is 420 g/mol. The summed E-state index contributed by atoms with van der Waals surface area (Å²) < 4.78 is 0. The van der Waals surface area contributed by atoms with Crippen LogP contribution in [0.1, 0.15) is 67.1 Å². The molecule has 4 heteroatoms. The van der Waals surface area contributed by atoms with E-state index in [1.54, 1.807) is 6.20 Å². The Balaban J connectivity index is 1.39. The van der Waals surface area contributed by atoms with Gasteiger partial charge in [0.15, 0.2) is 0 Å². The fourth-order valence-electron chi connectivity index (χ4n) is 5.53. The summed E-state index contributed by atoms with van der Waals surface area (Å²) in [6, 6.07) is 17.8. The van der Waals surface area contributed by atoms with Crippen molar-refractivity contribution >= 4 is 5.91 Å². The van der Waals surface area contributed by atoms with Gasteiger partial charge in [-0.3, -0.25) is 9.59 Å². The Morgan fingerprint density at radius 1 is 1.06 bits per heavy atom. The number of amides is 1. The van der Waals surface area contributed by atoms with Crippen molar-refractivity contribution in [2.75, 3.05) is 6.54 Å². The molecule has 1 heterocycles. The number of rotatable bonds is 6. The smallest absolute Gasteiger partial charge is 0.251 e. The van der Waals surface area contributed by atoms with Gasteiger partial charge < -0.3 is 10.3 Å². The zero-order valence-electron chi connectivity index (χ0n) is 20.8. The summed E-state index contributed by atoms with van der Waals surface area (Å²) in [7, 11) is 0. The Kier molecular flexibility index (Phi) is 7.06. The van der Waals surface area contributed by atoms with E-state index in [2.05, 4.69) is 62.3 Å². The molecule has 4 nitrogen and oxygen atoms in total. The second kappa shape index (κ2) is 10.0. The zero-order valence-corrected chi connectivity index (χ0v) is 20.8. The minimum atomic E-state index is -0.103. The molecule has 0 bridgehead atoms. The molecule has 1 fully saturated rings. The summed E-state index contributed by atoms with van der Waals surface area (Å²) in [5, 5.41) is 3.10. The van der Waals surface area contributed by atoms with Crippen LogP contribution in [0.4, 0.5) is 0 Å². The topological polar surface area (TPSA) is 62.0 Å². The van der Waals surface area contributed by atoms with E-state index in [0.29, 0.717) is 18.4 Å². The van der Waals surface area contributed by atoms with Gasteiger partial charge in [0.2, 0.25) is 5.56 Å². The molecule has 2 aromatic carbocycles. The predicted molar refractivity (Wildman–Crippen MR) is 139 cm³/mol. The van der Waals surface area contributed by atoms with Crippen LogP contribution >= 0.6 is 0 Å². The molecule has 34 heavy (non-hydrogen) atoms. The average Bonchev–Trinajstić information content (AvgIpc) is 2.83. The first-order valence-electron chi connectivity index (χ1n) is 12.5. The largest absolute Gasteiger partial charge is 0.352 e. The maximum absolute atomic E-state index is 13.0. The number of carbonyl (C=O) groups excluding carboxylic acids is 1. The van der Waals surface area contributed by atoms with Gasteiger partial charge in [-0.2, -0.15) is 0 Å². The van der Waals surface area contributed by atoms with Crippen LogP contribution in [0.3, 0.4) is 0 Å². The van der Waals surface area contributed by atoms with Gasteiger partial charge in [0, 0.05) is 24.4 Å². The van der Waals surface area contributed by atoms with Crippen molar-refractivity contribution in [1.82, 2.24) is 10.3 Å². The maximum atomic E-state index is 13.0. The van der Waals surface area contributed by atoms with Crippen LogP contribution in [0, 0.1) is 18.8 Å². The number of hydrogen-bond acceptors (Lipinski definition) is 2. The van der Waals surface area contributed by atoms with Gasteiger partial charge in [-0.15, -0.1) is 0 Å². The SMILES string of the molecule is Cc1ccc(C(=O)NCCc2ccc(-c3ccc(=O)[nH]c3)cc2)cc1C1(C)CCC[C@H](C)[C@@H]1C. The van der Waals surface area contributed by atoms with E-state index in [-0.39, 0.29) is 16.9 Å². The quantitative estimate of drug-likeness (QED) is 0.475. The van der Waals surface area contributed by atoms with Gasteiger partial charge >= 0.3 is 0 Å². The number of aromatic amines is 1. The minimum absolute atomic E-state index is 0.00813. The van der Waals surface area contributed by atoms with Crippen molar-refractivity contribution in [3.63, 3.8) is 0 Å². The van der Waals surface area contributed by atoms with E-state index in [1.807, 2.05) is 24.3 Å². The maximum Gasteiger partial charge on any atom is 0.251 e. The predicted octanol–water partition coefficient (Wildman–Crippen LogP) is 6.04. The Morgan fingerprint density at radius 3 is 2.50 bits per heavy atom. The van der Waals surface area contributed by atoms with E-state index >= 15 is 0 Å². The lowest BCUT2D eigenvalue weighted by Crippen LogP contribution is -2.38. The van der Waals surface area contributed by atoms with Gasteiger partial charge in [0.25, 0.3) is 5.91 Å². The fourth-order valence-corrected chi connectivity index (χ4v) is 5.53. The second-order valence-electron chi connectivity index (χ2n) is 10.2. The number of aryl methyl sites for hydroxylation is 1. The lowest BCUT2D eigenvalue weighted by molar-refractivity contribution is 0.0953. The van der Waals surface area contributed by atoms with Crippen LogP contribution in [-0.2, 0) is 11.8 Å². The van der Waals surface area contributed by atoms with Crippen molar-refractivity contribution in [2.24, 2.45) is 11.8 Å². The van der Waals surface area contributed by atoms with Crippen molar-refractivity contribution in [3.8, 4) is 11.1 Å². The molecule has 1 aromatic heterocycles. The second-order valence-corrected chi connectivity index (χ2v) is 10.2. The summed E-state index contributed by atoms with van der Waals surface area (Å²) in [5.74, 6) is 1.29. The normalized spacial score (nSPS) is 22.4. The van der Waals surface area contributed by atoms with E-state index in [4.69, 9.17) is 0 Å². The highest BCUT2D eigenvalue weighted by atomic mass is 16.1. The van der Waals surface area contributed by atoms with Crippen molar-refractivity contribution in [1.29, 1.82) is 0 Å². The summed E-state index contributed by atoms with van der Waals surface area (Å²) in [6.07, 6.45) is 6.21.